The van der Waals surface area contributed by atoms with Crippen LogP contribution >= 0.6 is 11.8 Å². The summed E-state index contributed by atoms with van der Waals surface area (Å²) in [4.78, 5) is 24.9. The summed E-state index contributed by atoms with van der Waals surface area (Å²) in [6, 6.07) is 6.40. The molecule has 4 nitrogen and oxygen atoms in total. The van der Waals surface area contributed by atoms with Crippen molar-refractivity contribution in [2.75, 3.05) is 23.7 Å². The van der Waals surface area contributed by atoms with Gasteiger partial charge in [-0.25, -0.2) is 4.39 Å². The average Bonchev–Trinajstić information content (AvgIpc) is 2.49. The highest BCUT2D eigenvalue weighted by Gasteiger charge is 2.30. The van der Waals surface area contributed by atoms with Crippen LogP contribution in [0.1, 0.15) is 26.2 Å². The zero-order valence-corrected chi connectivity index (χ0v) is 13.5. The Bertz CT molecular complexity index is 539. The van der Waals surface area contributed by atoms with Crippen molar-refractivity contribution in [3.05, 3.63) is 30.1 Å². The van der Waals surface area contributed by atoms with E-state index in [2.05, 4.69) is 5.32 Å². The predicted octanol–water partition coefficient (Wildman–Crippen LogP) is 2.58. The van der Waals surface area contributed by atoms with Crippen molar-refractivity contribution in [3.8, 4) is 0 Å². The molecule has 1 heterocycles. The Morgan fingerprint density at radius 2 is 2.23 bits per heavy atom. The van der Waals surface area contributed by atoms with E-state index >= 15 is 0 Å². The van der Waals surface area contributed by atoms with Crippen LogP contribution in [-0.2, 0) is 9.59 Å². The summed E-state index contributed by atoms with van der Waals surface area (Å²) < 4.78 is 13.9. The Balaban J connectivity index is 1.88. The van der Waals surface area contributed by atoms with Crippen LogP contribution < -0.4 is 10.2 Å². The second kappa shape index (κ2) is 8.17. The first-order valence-corrected chi connectivity index (χ1v) is 8.56. The minimum Gasteiger partial charge on any atom is -0.356 e. The lowest BCUT2D eigenvalue weighted by molar-refractivity contribution is -0.119. The number of nitrogens with zero attached hydrogens (tertiary/aromatic N) is 1. The largest absolute Gasteiger partial charge is 0.356 e. The lowest BCUT2D eigenvalue weighted by atomic mass is 10.1. The number of rotatable bonds is 6. The Hall–Kier alpha value is -1.56. The van der Waals surface area contributed by atoms with Crippen molar-refractivity contribution in [3.63, 3.8) is 0 Å². The lowest BCUT2D eigenvalue weighted by Gasteiger charge is -2.32. The van der Waals surface area contributed by atoms with Gasteiger partial charge in [0.05, 0.1) is 10.9 Å². The van der Waals surface area contributed by atoms with Gasteiger partial charge in [0.2, 0.25) is 11.8 Å². The first-order valence-electron chi connectivity index (χ1n) is 7.51. The van der Waals surface area contributed by atoms with Crippen LogP contribution in [0.15, 0.2) is 24.3 Å². The Morgan fingerprint density at radius 3 is 2.95 bits per heavy atom. The van der Waals surface area contributed by atoms with Crippen LogP contribution in [0.4, 0.5) is 10.1 Å². The maximum Gasteiger partial charge on any atom is 0.240 e. The number of benzene rings is 1. The number of anilines is 1. The molecule has 1 N–H and O–H groups in total. The number of amides is 2. The summed E-state index contributed by atoms with van der Waals surface area (Å²) in [5.74, 6) is 0.402. The van der Waals surface area contributed by atoms with Crippen LogP contribution in [0, 0.1) is 5.82 Å². The SMILES string of the molecule is CC(=O)NCCCS[C@@H]1CCCN(c2ccccc2F)C1=O. The minimum atomic E-state index is -0.354. The molecule has 6 heteroatoms. The molecule has 0 saturated carbocycles. The number of nitrogens with one attached hydrogen (secondary N) is 1. The van der Waals surface area contributed by atoms with E-state index in [1.54, 1.807) is 34.9 Å². The van der Waals surface area contributed by atoms with Gasteiger partial charge in [0.15, 0.2) is 0 Å². The first-order chi connectivity index (χ1) is 10.6. The van der Waals surface area contributed by atoms with Gasteiger partial charge >= 0.3 is 0 Å². The molecular weight excluding hydrogens is 303 g/mol. The van der Waals surface area contributed by atoms with Gasteiger partial charge in [-0.3, -0.25) is 9.59 Å². The molecule has 120 valence electrons. The number of halogens is 1. The zero-order valence-electron chi connectivity index (χ0n) is 12.7. The fourth-order valence-corrected chi connectivity index (χ4v) is 3.67. The highest BCUT2D eigenvalue weighted by Crippen LogP contribution is 2.29. The van der Waals surface area contributed by atoms with Gasteiger partial charge in [-0.05, 0) is 37.1 Å². The number of piperidine rings is 1. The molecular formula is C16H21FN2O2S. The highest BCUT2D eigenvalue weighted by atomic mass is 32.2. The number of thioether (sulfide) groups is 1. The number of hydrogen-bond acceptors (Lipinski definition) is 3. The van der Waals surface area contributed by atoms with Crippen LogP contribution in [0.25, 0.3) is 0 Å². The third-order valence-electron chi connectivity index (χ3n) is 3.55. The molecule has 1 aromatic rings. The molecule has 2 amide bonds. The maximum absolute atomic E-state index is 13.9. The molecule has 2 rings (SSSR count). The molecule has 1 aliphatic heterocycles. The van der Waals surface area contributed by atoms with E-state index in [9.17, 15) is 14.0 Å². The number of carbonyl (C=O) groups excluding carboxylic acids is 2. The molecule has 0 radical (unpaired) electrons. The van der Waals surface area contributed by atoms with Gasteiger partial charge in [-0.15, -0.1) is 11.8 Å². The van der Waals surface area contributed by atoms with Gasteiger partial charge in [-0.2, -0.15) is 0 Å². The van der Waals surface area contributed by atoms with Gasteiger partial charge in [0.25, 0.3) is 0 Å². The molecule has 1 atom stereocenters. The Labute approximate surface area is 134 Å². The van der Waals surface area contributed by atoms with E-state index in [1.807, 2.05) is 0 Å². The van der Waals surface area contributed by atoms with Gasteiger partial charge in [-0.1, -0.05) is 12.1 Å². The molecule has 0 aromatic heterocycles. The third kappa shape index (κ3) is 4.47. The fraction of sp³-hybridized carbons (Fsp3) is 0.500. The molecule has 1 aliphatic rings. The molecule has 1 aromatic carbocycles. The van der Waals surface area contributed by atoms with Crippen LogP contribution in [-0.4, -0.2) is 35.9 Å². The fourth-order valence-electron chi connectivity index (χ4n) is 2.47. The summed E-state index contributed by atoms with van der Waals surface area (Å²) in [6.45, 7) is 2.69. The minimum absolute atomic E-state index is 0.0131. The summed E-state index contributed by atoms with van der Waals surface area (Å²) in [5, 5.41) is 2.62. The molecule has 1 fully saturated rings. The van der Waals surface area contributed by atoms with E-state index in [0.717, 1.165) is 25.0 Å². The second-order valence-electron chi connectivity index (χ2n) is 5.28. The van der Waals surface area contributed by atoms with Crippen molar-refractivity contribution in [1.29, 1.82) is 0 Å². The Kier molecular flexibility index (Phi) is 6.24. The zero-order chi connectivity index (χ0) is 15.9. The Morgan fingerprint density at radius 1 is 1.45 bits per heavy atom. The molecule has 0 spiro atoms. The predicted molar refractivity (Wildman–Crippen MR) is 87.5 cm³/mol. The summed E-state index contributed by atoms with van der Waals surface area (Å²) in [7, 11) is 0. The van der Waals surface area contributed by atoms with Crippen LogP contribution in [0.2, 0.25) is 0 Å². The highest BCUT2D eigenvalue weighted by molar-refractivity contribution is 8.00. The number of para-hydroxylation sites is 1. The molecule has 22 heavy (non-hydrogen) atoms. The van der Waals surface area contributed by atoms with E-state index in [1.165, 1.54) is 13.0 Å². The number of hydrogen-bond donors (Lipinski definition) is 1. The van der Waals surface area contributed by atoms with Crippen molar-refractivity contribution in [2.24, 2.45) is 0 Å². The van der Waals surface area contributed by atoms with E-state index < -0.39 is 0 Å². The molecule has 0 bridgehead atoms. The van der Waals surface area contributed by atoms with Crippen molar-refractivity contribution in [2.45, 2.75) is 31.4 Å². The van der Waals surface area contributed by atoms with Gasteiger partial charge < -0.3 is 10.2 Å². The van der Waals surface area contributed by atoms with E-state index in [0.29, 0.717) is 18.8 Å². The van der Waals surface area contributed by atoms with E-state index in [-0.39, 0.29) is 22.9 Å². The molecule has 0 unspecified atom stereocenters. The molecule has 0 aliphatic carbocycles. The van der Waals surface area contributed by atoms with E-state index in [4.69, 9.17) is 0 Å². The first kappa shape index (κ1) is 16.8. The lowest BCUT2D eigenvalue weighted by Crippen LogP contribution is -2.43. The van der Waals surface area contributed by atoms with Crippen molar-refractivity contribution < 1.29 is 14.0 Å². The monoisotopic (exact) mass is 324 g/mol. The van der Waals surface area contributed by atoms with Gasteiger partial charge in [0.1, 0.15) is 5.82 Å². The quantitative estimate of drug-likeness (QED) is 0.818. The average molecular weight is 324 g/mol. The summed E-state index contributed by atoms with van der Waals surface area (Å²) in [6.07, 6.45) is 2.53. The normalized spacial score (nSPS) is 18.4. The molecule has 1 saturated heterocycles. The smallest absolute Gasteiger partial charge is 0.240 e. The standard InChI is InChI=1S/C16H21FN2O2S/c1-12(20)18-9-5-11-22-15-8-4-10-19(16(15)21)14-7-3-2-6-13(14)17/h2-3,6-7,15H,4-5,8-11H2,1H3,(H,18,20)/t15-/m1/s1. The summed E-state index contributed by atoms with van der Waals surface area (Å²) in [5.41, 5.74) is 0.371. The number of carbonyl (C=O) groups is 2. The second-order valence-corrected chi connectivity index (χ2v) is 6.59. The maximum atomic E-state index is 13.9. The van der Waals surface area contributed by atoms with Crippen LogP contribution in [0.3, 0.4) is 0 Å². The third-order valence-corrected chi connectivity index (χ3v) is 4.91. The topological polar surface area (TPSA) is 49.4 Å². The van der Waals surface area contributed by atoms with Crippen molar-refractivity contribution in [1.82, 2.24) is 5.32 Å². The van der Waals surface area contributed by atoms with Gasteiger partial charge in [0, 0.05) is 20.0 Å². The summed E-state index contributed by atoms with van der Waals surface area (Å²) >= 11 is 1.60. The van der Waals surface area contributed by atoms with Crippen molar-refractivity contribution >= 4 is 29.3 Å². The van der Waals surface area contributed by atoms with Crippen LogP contribution in [0.5, 0.6) is 0 Å².